The second-order valence-electron chi connectivity index (χ2n) is 7.66. The summed E-state index contributed by atoms with van der Waals surface area (Å²) in [6, 6.07) is 9.42. The number of aliphatic hydroxyl groups is 1. The molecule has 1 heterocycles. The molecule has 3 rings (SSSR count). The van der Waals surface area contributed by atoms with Crippen LogP contribution in [0.2, 0.25) is 0 Å². The van der Waals surface area contributed by atoms with E-state index in [4.69, 9.17) is 23.7 Å². The maximum Gasteiger partial charge on any atom is 0.354 e. The van der Waals surface area contributed by atoms with Crippen molar-refractivity contribution in [3.63, 3.8) is 0 Å². The zero-order valence-electron chi connectivity index (χ0n) is 18.0. The van der Waals surface area contributed by atoms with Crippen LogP contribution in [0.1, 0.15) is 30.7 Å². The maximum absolute atomic E-state index is 13.2. The minimum Gasteiger partial charge on any atom is -0.508 e. The molecule has 0 bridgehead atoms. The van der Waals surface area contributed by atoms with Crippen LogP contribution in [0.3, 0.4) is 0 Å². The Hall–Kier alpha value is -2.26. The Kier molecular flexibility index (Phi) is 8.20. The van der Waals surface area contributed by atoms with E-state index in [1.165, 1.54) is 7.11 Å². The lowest BCUT2D eigenvalue weighted by atomic mass is 9.74. The van der Waals surface area contributed by atoms with Gasteiger partial charge < -0.3 is 28.8 Å². The lowest BCUT2D eigenvalue weighted by Crippen LogP contribution is -2.55. The zero-order chi connectivity index (χ0) is 22.3. The Labute approximate surface area is 182 Å². The molecule has 2 atom stereocenters. The first-order chi connectivity index (χ1) is 15.1. The van der Waals surface area contributed by atoms with Crippen molar-refractivity contribution >= 4 is 11.9 Å². The third-order valence-electron chi connectivity index (χ3n) is 5.61. The zero-order valence-corrected chi connectivity index (χ0v) is 18.0. The van der Waals surface area contributed by atoms with Gasteiger partial charge in [-0.3, -0.25) is 0 Å². The van der Waals surface area contributed by atoms with Crippen LogP contribution in [-0.4, -0.2) is 69.9 Å². The van der Waals surface area contributed by atoms with Gasteiger partial charge in [0.2, 0.25) is 5.60 Å². The van der Waals surface area contributed by atoms with Gasteiger partial charge in [0.1, 0.15) is 5.76 Å². The number of methoxy groups -OCH3 is 2. The van der Waals surface area contributed by atoms with Gasteiger partial charge in [0.25, 0.3) is 0 Å². The maximum atomic E-state index is 13.2. The average Bonchev–Trinajstić information content (AvgIpc) is 3.60. The van der Waals surface area contributed by atoms with Crippen molar-refractivity contribution in [1.29, 1.82) is 0 Å². The van der Waals surface area contributed by atoms with Crippen molar-refractivity contribution < 1.29 is 38.4 Å². The third kappa shape index (κ3) is 5.15. The highest BCUT2D eigenvalue weighted by Gasteiger charge is 2.61. The number of rotatable bonds is 13. The number of cyclic esters (lactones) is 2. The second-order valence-corrected chi connectivity index (χ2v) is 7.66. The van der Waals surface area contributed by atoms with E-state index in [0.29, 0.717) is 13.2 Å². The van der Waals surface area contributed by atoms with Crippen LogP contribution in [-0.2, 0) is 33.3 Å². The van der Waals surface area contributed by atoms with E-state index in [-0.39, 0.29) is 43.5 Å². The molecule has 0 amide bonds. The van der Waals surface area contributed by atoms with Crippen molar-refractivity contribution in [2.24, 2.45) is 5.92 Å². The van der Waals surface area contributed by atoms with Gasteiger partial charge in [-0.05, 0) is 24.3 Å². The Balaban J connectivity index is 2.00. The fourth-order valence-electron chi connectivity index (χ4n) is 3.98. The fourth-order valence-corrected chi connectivity index (χ4v) is 3.98. The molecule has 1 aliphatic heterocycles. The van der Waals surface area contributed by atoms with Gasteiger partial charge in [-0.15, -0.1) is 0 Å². The monoisotopic (exact) mass is 434 g/mol. The quantitative estimate of drug-likeness (QED) is 0.287. The predicted molar refractivity (Wildman–Crippen MR) is 111 cm³/mol. The Morgan fingerprint density at radius 2 is 1.71 bits per heavy atom. The molecule has 2 unspecified atom stereocenters. The Morgan fingerprint density at radius 3 is 2.35 bits per heavy atom. The highest BCUT2D eigenvalue weighted by molar-refractivity contribution is 6.05. The summed E-state index contributed by atoms with van der Waals surface area (Å²) in [5.74, 6) is -2.52. The van der Waals surface area contributed by atoms with E-state index in [0.717, 1.165) is 18.4 Å². The van der Waals surface area contributed by atoms with Gasteiger partial charge in [-0.2, -0.15) is 0 Å². The van der Waals surface area contributed by atoms with Gasteiger partial charge in [-0.1, -0.05) is 30.3 Å². The first-order valence-corrected chi connectivity index (χ1v) is 10.5. The van der Waals surface area contributed by atoms with Crippen molar-refractivity contribution in [3.05, 3.63) is 47.2 Å². The molecular weight excluding hydrogens is 404 g/mol. The van der Waals surface area contributed by atoms with Crippen LogP contribution in [0, 0.1) is 5.92 Å². The molecule has 1 fully saturated rings. The van der Waals surface area contributed by atoms with E-state index >= 15 is 0 Å². The largest absolute Gasteiger partial charge is 0.508 e. The highest BCUT2D eigenvalue weighted by Crippen LogP contribution is 2.53. The molecule has 2 aliphatic rings. The van der Waals surface area contributed by atoms with Crippen LogP contribution in [0.4, 0.5) is 0 Å². The van der Waals surface area contributed by atoms with Gasteiger partial charge in [-0.25, -0.2) is 9.59 Å². The SMILES string of the molecule is COCCOCCC1=C(O)C(OCCOC)(C(c2ccccc2)C2CC2)C(=O)OC1=O. The lowest BCUT2D eigenvalue weighted by molar-refractivity contribution is -0.186. The number of esters is 2. The number of benzene rings is 1. The van der Waals surface area contributed by atoms with Gasteiger partial charge in [0.05, 0.1) is 38.6 Å². The predicted octanol–water partition coefficient (Wildman–Crippen LogP) is 2.53. The fraction of sp³-hybridized carbons (Fsp3) is 0.565. The van der Waals surface area contributed by atoms with Crippen LogP contribution in [0.5, 0.6) is 0 Å². The average molecular weight is 434 g/mol. The number of hydrogen-bond donors (Lipinski definition) is 1. The smallest absolute Gasteiger partial charge is 0.354 e. The molecule has 170 valence electrons. The summed E-state index contributed by atoms with van der Waals surface area (Å²) < 4.78 is 26.7. The summed E-state index contributed by atoms with van der Waals surface area (Å²) in [6.07, 6.45) is 1.86. The molecule has 1 aromatic carbocycles. The lowest BCUT2D eigenvalue weighted by Gasteiger charge is -2.40. The molecular formula is C23H30O8. The molecule has 0 spiro atoms. The molecule has 0 radical (unpaired) electrons. The third-order valence-corrected chi connectivity index (χ3v) is 5.61. The summed E-state index contributed by atoms with van der Waals surface area (Å²) >= 11 is 0. The van der Waals surface area contributed by atoms with Crippen LogP contribution in [0.25, 0.3) is 0 Å². The molecule has 1 N–H and O–H groups in total. The van der Waals surface area contributed by atoms with Crippen LogP contribution in [0.15, 0.2) is 41.7 Å². The molecule has 1 aromatic rings. The molecule has 8 heteroatoms. The van der Waals surface area contributed by atoms with Crippen molar-refractivity contribution in [1.82, 2.24) is 0 Å². The first kappa shape index (κ1) is 23.4. The summed E-state index contributed by atoms with van der Waals surface area (Å²) in [7, 11) is 3.09. The topological polar surface area (TPSA) is 101 Å². The minimum absolute atomic E-state index is 0.00369. The molecule has 0 saturated heterocycles. The van der Waals surface area contributed by atoms with Gasteiger partial charge in [0, 0.05) is 26.6 Å². The highest BCUT2D eigenvalue weighted by atomic mass is 16.6. The summed E-state index contributed by atoms with van der Waals surface area (Å²) in [4.78, 5) is 25.7. The molecule has 8 nitrogen and oxygen atoms in total. The standard InChI is InChI=1S/C23H30O8/c1-27-12-14-29-11-10-18-20(24)23(30-15-13-28-2,22(26)31-21(18)25)19(17-8-9-17)16-6-4-3-5-7-16/h3-7,17,19,24H,8-15H2,1-2H3. The van der Waals surface area contributed by atoms with Crippen LogP contribution >= 0.6 is 0 Å². The molecule has 1 saturated carbocycles. The number of hydrogen-bond acceptors (Lipinski definition) is 8. The number of carbonyl (C=O) groups excluding carboxylic acids is 2. The van der Waals surface area contributed by atoms with Crippen molar-refractivity contribution in [2.75, 3.05) is 47.3 Å². The normalized spacial score (nSPS) is 22.5. The summed E-state index contributed by atoms with van der Waals surface area (Å²) in [5.41, 5.74) is -0.969. The minimum atomic E-state index is -1.81. The Bertz CT molecular complexity index is 786. The first-order valence-electron chi connectivity index (χ1n) is 10.5. The van der Waals surface area contributed by atoms with E-state index in [9.17, 15) is 14.7 Å². The van der Waals surface area contributed by atoms with E-state index < -0.39 is 23.5 Å². The van der Waals surface area contributed by atoms with Crippen molar-refractivity contribution in [2.45, 2.75) is 30.8 Å². The van der Waals surface area contributed by atoms with Gasteiger partial charge >= 0.3 is 11.9 Å². The summed E-state index contributed by atoms with van der Waals surface area (Å²) in [6.45, 7) is 1.20. The number of ether oxygens (including phenoxy) is 5. The number of carbonyl (C=O) groups is 2. The number of aliphatic hydroxyl groups excluding tert-OH is 1. The molecule has 1 aliphatic carbocycles. The molecule has 31 heavy (non-hydrogen) atoms. The van der Waals surface area contributed by atoms with Crippen LogP contribution < -0.4 is 0 Å². The molecule has 0 aromatic heterocycles. The van der Waals surface area contributed by atoms with E-state index in [2.05, 4.69) is 0 Å². The van der Waals surface area contributed by atoms with Crippen molar-refractivity contribution in [3.8, 4) is 0 Å². The van der Waals surface area contributed by atoms with E-state index in [1.807, 2.05) is 30.3 Å². The summed E-state index contributed by atoms with van der Waals surface area (Å²) in [5, 5.41) is 11.3. The second kappa shape index (κ2) is 10.9. The van der Waals surface area contributed by atoms with E-state index in [1.54, 1.807) is 7.11 Å². The Morgan fingerprint density at radius 1 is 1.03 bits per heavy atom. The van der Waals surface area contributed by atoms with Gasteiger partial charge in [0.15, 0.2) is 0 Å².